The minimum atomic E-state index is 0. The molecule has 3 rings (SSSR count). The van der Waals surface area contributed by atoms with E-state index in [0.717, 1.165) is 65.5 Å². The van der Waals surface area contributed by atoms with E-state index in [1.165, 1.54) is 0 Å². The molecule has 0 bridgehead atoms. The quantitative estimate of drug-likeness (QED) is 0.578. The summed E-state index contributed by atoms with van der Waals surface area (Å²) in [5.74, 6) is 1.32. The lowest BCUT2D eigenvalue weighted by atomic mass is 10.1. The van der Waals surface area contributed by atoms with E-state index in [1.807, 2.05) is 0 Å². The van der Waals surface area contributed by atoms with E-state index >= 15 is 0 Å². The van der Waals surface area contributed by atoms with Crippen molar-refractivity contribution < 1.29 is 14.2 Å². The Balaban J connectivity index is 0.000000384. The lowest BCUT2D eigenvalue weighted by molar-refractivity contribution is -0.00782. The summed E-state index contributed by atoms with van der Waals surface area (Å²) in [5.41, 5.74) is 0.101. The van der Waals surface area contributed by atoms with Gasteiger partial charge < -0.3 is 30.2 Å². The summed E-state index contributed by atoms with van der Waals surface area (Å²) in [6, 6.07) is 0. The molecule has 28 heavy (non-hydrogen) atoms. The highest BCUT2D eigenvalue weighted by Gasteiger charge is 2.19. The molecule has 6 heteroatoms. The predicted octanol–water partition coefficient (Wildman–Crippen LogP) is 2.67. The second-order valence-corrected chi connectivity index (χ2v) is 8.62. The van der Waals surface area contributed by atoms with Crippen LogP contribution in [0, 0.1) is 11.8 Å². The van der Waals surface area contributed by atoms with E-state index in [2.05, 4.69) is 57.5 Å². The van der Waals surface area contributed by atoms with Crippen LogP contribution in [0.3, 0.4) is 0 Å². The van der Waals surface area contributed by atoms with Gasteiger partial charge in [0.15, 0.2) is 0 Å². The zero-order chi connectivity index (χ0) is 20.1. The highest BCUT2D eigenvalue weighted by atomic mass is 16.5. The van der Waals surface area contributed by atoms with Gasteiger partial charge in [0, 0.05) is 32.7 Å². The van der Waals surface area contributed by atoms with Gasteiger partial charge in [-0.25, -0.2) is 0 Å². The Labute approximate surface area is 174 Å². The zero-order valence-corrected chi connectivity index (χ0v) is 18.6. The van der Waals surface area contributed by atoms with Gasteiger partial charge in [-0.2, -0.15) is 0 Å². The third-order valence-corrected chi connectivity index (χ3v) is 5.53. The topological polar surface area (TPSA) is 63.8 Å². The van der Waals surface area contributed by atoms with Crippen molar-refractivity contribution in [3.8, 4) is 0 Å². The van der Waals surface area contributed by atoms with Crippen molar-refractivity contribution >= 4 is 0 Å². The minimum absolute atomic E-state index is 0. The van der Waals surface area contributed by atoms with E-state index in [0.29, 0.717) is 24.0 Å². The van der Waals surface area contributed by atoms with Crippen LogP contribution in [0.2, 0.25) is 0 Å². The fraction of sp³-hybridized carbons (Fsp3) is 1.00. The van der Waals surface area contributed by atoms with Crippen molar-refractivity contribution in [3.05, 3.63) is 0 Å². The van der Waals surface area contributed by atoms with Gasteiger partial charge >= 0.3 is 0 Å². The molecule has 0 spiro atoms. The number of ether oxygens (including phenoxy) is 3. The predicted molar refractivity (Wildman–Crippen MR) is 119 cm³/mol. The fourth-order valence-electron chi connectivity index (χ4n) is 2.94. The lowest BCUT2D eigenvalue weighted by Gasteiger charge is -2.21. The molecule has 3 aliphatic heterocycles. The largest absolute Gasteiger partial charge is 0.377 e. The molecule has 0 aromatic heterocycles. The Morgan fingerprint density at radius 2 is 1.14 bits per heavy atom. The van der Waals surface area contributed by atoms with Crippen LogP contribution in [0.25, 0.3) is 0 Å². The average Bonchev–Trinajstić information content (AvgIpc) is 3.03. The summed E-state index contributed by atoms with van der Waals surface area (Å²) < 4.78 is 16.4. The molecule has 3 saturated heterocycles. The van der Waals surface area contributed by atoms with Gasteiger partial charge in [-0.05, 0) is 52.5 Å². The third-order valence-electron chi connectivity index (χ3n) is 5.53. The molecule has 3 heterocycles. The van der Waals surface area contributed by atoms with Gasteiger partial charge in [0.05, 0.1) is 37.6 Å². The highest BCUT2D eigenvalue weighted by molar-refractivity contribution is 4.72. The van der Waals surface area contributed by atoms with Gasteiger partial charge in [-0.3, -0.25) is 0 Å². The van der Waals surface area contributed by atoms with Crippen molar-refractivity contribution in [2.45, 2.75) is 73.2 Å². The molecule has 4 atom stereocenters. The van der Waals surface area contributed by atoms with Crippen molar-refractivity contribution in [2.24, 2.45) is 11.8 Å². The molecule has 3 N–H and O–H groups in total. The van der Waals surface area contributed by atoms with Gasteiger partial charge in [0.25, 0.3) is 0 Å². The Morgan fingerprint density at radius 3 is 1.64 bits per heavy atom. The van der Waals surface area contributed by atoms with Crippen LogP contribution >= 0.6 is 0 Å². The maximum absolute atomic E-state index is 5.53. The summed E-state index contributed by atoms with van der Waals surface area (Å²) in [6.07, 6.45) is 1.98. The van der Waals surface area contributed by atoms with Crippen molar-refractivity contribution in [1.82, 2.24) is 16.0 Å². The van der Waals surface area contributed by atoms with Crippen LogP contribution in [0.4, 0.5) is 0 Å². The minimum Gasteiger partial charge on any atom is -0.377 e. The molecule has 3 aliphatic rings. The van der Waals surface area contributed by atoms with Crippen LogP contribution in [0.5, 0.6) is 0 Å². The SMILES string of the molecule is C.CC1(C)CCNCCO1.CC1CNCCOC1C.CC1CNCCOC1C. The molecular formula is C22H49N3O3. The number of hydrogen-bond acceptors (Lipinski definition) is 6. The first-order chi connectivity index (χ1) is 12.8. The molecule has 0 aromatic carbocycles. The van der Waals surface area contributed by atoms with Gasteiger partial charge in [-0.15, -0.1) is 0 Å². The number of nitrogens with one attached hydrogen (secondary N) is 3. The Kier molecular flexibility index (Phi) is 15.4. The highest BCUT2D eigenvalue weighted by Crippen LogP contribution is 2.14. The van der Waals surface area contributed by atoms with Crippen molar-refractivity contribution in [1.29, 1.82) is 0 Å². The average molecular weight is 404 g/mol. The fourth-order valence-corrected chi connectivity index (χ4v) is 2.94. The molecule has 0 aromatic rings. The second kappa shape index (κ2) is 15.6. The monoisotopic (exact) mass is 403 g/mol. The van der Waals surface area contributed by atoms with Crippen LogP contribution in [0.1, 0.15) is 55.4 Å². The summed E-state index contributed by atoms with van der Waals surface area (Å²) in [7, 11) is 0. The Bertz CT molecular complexity index is 317. The van der Waals surface area contributed by atoms with Crippen LogP contribution in [0.15, 0.2) is 0 Å². The first-order valence-electron chi connectivity index (χ1n) is 10.8. The van der Waals surface area contributed by atoms with Crippen LogP contribution in [-0.2, 0) is 14.2 Å². The van der Waals surface area contributed by atoms with Gasteiger partial charge in [0.1, 0.15) is 0 Å². The number of hydrogen-bond donors (Lipinski definition) is 3. The molecular weight excluding hydrogens is 354 g/mol. The standard InChI is InChI=1S/3C7H15NO.CH4/c1-7(2)3-4-8-5-6-9-7;2*1-6-5-8-3-4-9-7(6)2;/h8H,3-6H2,1-2H3;2*6-8H,3-5H2,1-2H3;1H4. The van der Waals surface area contributed by atoms with E-state index in [9.17, 15) is 0 Å². The third kappa shape index (κ3) is 13.1. The van der Waals surface area contributed by atoms with Crippen LogP contribution < -0.4 is 16.0 Å². The number of rotatable bonds is 0. The molecule has 0 saturated carbocycles. The van der Waals surface area contributed by atoms with E-state index < -0.39 is 0 Å². The van der Waals surface area contributed by atoms with Crippen molar-refractivity contribution in [2.75, 3.05) is 59.1 Å². The smallest absolute Gasteiger partial charge is 0.0639 e. The molecule has 4 unspecified atom stereocenters. The van der Waals surface area contributed by atoms with E-state index in [1.54, 1.807) is 0 Å². The summed E-state index contributed by atoms with van der Waals surface area (Å²) in [4.78, 5) is 0. The lowest BCUT2D eigenvalue weighted by Crippen LogP contribution is -2.24. The maximum atomic E-state index is 5.53. The van der Waals surface area contributed by atoms with Gasteiger partial charge in [-0.1, -0.05) is 21.3 Å². The molecule has 170 valence electrons. The summed E-state index contributed by atoms with van der Waals surface area (Å²) >= 11 is 0. The van der Waals surface area contributed by atoms with Crippen molar-refractivity contribution in [3.63, 3.8) is 0 Å². The molecule has 6 nitrogen and oxygen atoms in total. The first kappa shape index (κ1) is 27.8. The second-order valence-electron chi connectivity index (χ2n) is 8.62. The molecule has 0 amide bonds. The molecule has 0 aliphatic carbocycles. The maximum Gasteiger partial charge on any atom is 0.0639 e. The Morgan fingerprint density at radius 1 is 0.679 bits per heavy atom. The molecule has 3 fully saturated rings. The van der Waals surface area contributed by atoms with E-state index in [4.69, 9.17) is 14.2 Å². The normalized spacial score (nSPS) is 33.2. The van der Waals surface area contributed by atoms with Gasteiger partial charge in [0.2, 0.25) is 0 Å². The Hall–Kier alpha value is -0.240. The van der Waals surface area contributed by atoms with Crippen LogP contribution in [-0.4, -0.2) is 76.9 Å². The first-order valence-corrected chi connectivity index (χ1v) is 10.8. The zero-order valence-electron chi connectivity index (χ0n) is 18.6. The van der Waals surface area contributed by atoms with E-state index in [-0.39, 0.29) is 13.0 Å². The summed E-state index contributed by atoms with van der Waals surface area (Å²) in [6.45, 7) is 21.9. The summed E-state index contributed by atoms with van der Waals surface area (Å²) in [5, 5.41) is 9.88. The molecule has 0 radical (unpaired) electrons.